The van der Waals surface area contributed by atoms with Gasteiger partial charge >= 0.3 is 6.01 Å². The molecule has 0 amide bonds. The summed E-state index contributed by atoms with van der Waals surface area (Å²) in [5.74, 6) is 1.23. The molecule has 3 aromatic carbocycles. The van der Waals surface area contributed by atoms with Crippen molar-refractivity contribution in [3.63, 3.8) is 0 Å². The second-order valence-corrected chi connectivity index (χ2v) is 6.94. The summed E-state index contributed by atoms with van der Waals surface area (Å²) in [6, 6.07) is 26.2. The van der Waals surface area contributed by atoms with Gasteiger partial charge in [-0.2, -0.15) is 4.68 Å². The van der Waals surface area contributed by atoms with Gasteiger partial charge in [-0.25, -0.2) is 0 Å². The van der Waals surface area contributed by atoms with Crippen LogP contribution in [0.2, 0.25) is 0 Å². The third-order valence-electron chi connectivity index (χ3n) is 4.71. The lowest BCUT2D eigenvalue weighted by atomic mass is 10.1. The molecule has 0 unspecified atom stereocenters. The SMILES string of the molecule is CCOc1cc(CNCCc2ccccc2)ccc1Oc1nnnn1-c1ccccc1. The third-order valence-corrected chi connectivity index (χ3v) is 4.71. The number of benzene rings is 3. The normalized spacial score (nSPS) is 10.7. The van der Waals surface area contributed by atoms with Gasteiger partial charge in [-0.15, -0.1) is 0 Å². The molecule has 1 N–H and O–H groups in total. The molecule has 7 nitrogen and oxygen atoms in total. The van der Waals surface area contributed by atoms with Crippen molar-refractivity contribution in [1.29, 1.82) is 0 Å². The molecule has 4 rings (SSSR count). The molecule has 0 aliphatic rings. The minimum Gasteiger partial charge on any atom is -0.490 e. The molecule has 31 heavy (non-hydrogen) atoms. The minimum atomic E-state index is 0.279. The zero-order chi connectivity index (χ0) is 21.3. The van der Waals surface area contributed by atoms with Crippen molar-refractivity contribution in [2.45, 2.75) is 19.9 Å². The van der Waals surface area contributed by atoms with Gasteiger partial charge in [-0.3, -0.25) is 0 Å². The van der Waals surface area contributed by atoms with Crippen LogP contribution >= 0.6 is 0 Å². The maximum absolute atomic E-state index is 6.01. The van der Waals surface area contributed by atoms with Crippen molar-refractivity contribution in [3.05, 3.63) is 90.0 Å². The van der Waals surface area contributed by atoms with E-state index in [1.165, 1.54) is 5.56 Å². The predicted octanol–water partition coefficient (Wildman–Crippen LogP) is 4.19. The van der Waals surface area contributed by atoms with Crippen LogP contribution in [0.15, 0.2) is 78.9 Å². The van der Waals surface area contributed by atoms with E-state index in [1.807, 2.05) is 61.5 Å². The number of nitrogens with one attached hydrogen (secondary N) is 1. The maximum Gasteiger partial charge on any atom is 0.346 e. The Balaban J connectivity index is 1.43. The van der Waals surface area contributed by atoms with E-state index in [0.29, 0.717) is 18.1 Å². The van der Waals surface area contributed by atoms with Crippen LogP contribution in [-0.2, 0) is 13.0 Å². The highest BCUT2D eigenvalue weighted by Crippen LogP contribution is 2.32. The fraction of sp³-hybridized carbons (Fsp3) is 0.208. The third kappa shape index (κ3) is 5.46. The summed E-state index contributed by atoms with van der Waals surface area (Å²) in [4.78, 5) is 0. The quantitative estimate of drug-likeness (QED) is 0.392. The number of rotatable bonds is 10. The van der Waals surface area contributed by atoms with Crippen LogP contribution in [0.3, 0.4) is 0 Å². The van der Waals surface area contributed by atoms with E-state index < -0.39 is 0 Å². The van der Waals surface area contributed by atoms with E-state index in [4.69, 9.17) is 9.47 Å². The van der Waals surface area contributed by atoms with Gasteiger partial charge in [-0.1, -0.05) is 59.7 Å². The smallest absolute Gasteiger partial charge is 0.346 e. The zero-order valence-corrected chi connectivity index (χ0v) is 17.4. The van der Waals surface area contributed by atoms with E-state index in [-0.39, 0.29) is 6.01 Å². The Kier molecular flexibility index (Phi) is 6.87. The second-order valence-electron chi connectivity index (χ2n) is 6.94. The highest BCUT2D eigenvalue weighted by Gasteiger charge is 2.14. The van der Waals surface area contributed by atoms with E-state index in [1.54, 1.807) is 4.68 Å². The van der Waals surface area contributed by atoms with E-state index in [9.17, 15) is 0 Å². The number of aromatic nitrogens is 4. The van der Waals surface area contributed by atoms with Crippen LogP contribution in [0.5, 0.6) is 17.5 Å². The number of para-hydroxylation sites is 1. The van der Waals surface area contributed by atoms with Gasteiger partial charge in [0.25, 0.3) is 0 Å². The molecule has 0 atom stereocenters. The summed E-state index contributed by atoms with van der Waals surface area (Å²) in [5, 5.41) is 15.3. The molecule has 1 aromatic heterocycles. The van der Waals surface area contributed by atoms with E-state index >= 15 is 0 Å². The molecule has 0 radical (unpaired) electrons. The number of hydrogen-bond acceptors (Lipinski definition) is 6. The van der Waals surface area contributed by atoms with Crippen LogP contribution in [0, 0.1) is 0 Å². The van der Waals surface area contributed by atoms with Gasteiger partial charge < -0.3 is 14.8 Å². The Bertz CT molecular complexity index is 1080. The Morgan fingerprint density at radius 3 is 2.42 bits per heavy atom. The van der Waals surface area contributed by atoms with Crippen LogP contribution in [0.25, 0.3) is 5.69 Å². The molecule has 7 heteroatoms. The Morgan fingerprint density at radius 1 is 0.871 bits per heavy atom. The molecule has 4 aromatic rings. The topological polar surface area (TPSA) is 74.1 Å². The van der Waals surface area contributed by atoms with Crippen LogP contribution < -0.4 is 14.8 Å². The van der Waals surface area contributed by atoms with Crippen LogP contribution in [-0.4, -0.2) is 33.4 Å². The van der Waals surface area contributed by atoms with Crippen molar-refractivity contribution in [1.82, 2.24) is 25.5 Å². The van der Waals surface area contributed by atoms with Crippen LogP contribution in [0.1, 0.15) is 18.1 Å². The van der Waals surface area contributed by atoms with Crippen molar-refractivity contribution < 1.29 is 9.47 Å². The second kappa shape index (κ2) is 10.4. The average Bonchev–Trinajstić information content (AvgIpc) is 3.28. The summed E-state index contributed by atoms with van der Waals surface area (Å²) in [7, 11) is 0. The van der Waals surface area contributed by atoms with Crippen molar-refractivity contribution >= 4 is 0 Å². The highest BCUT2D eigenvalue weighted by molar-refractivity contribution is 5.45. The molecule has 0 bridgehead atoms. The number of ether oxygens (including phenoxy) is 2. The first-order valence-electron chi connectivity index (χ1n) is 10.4. The lowest BCUT2D eigenvalue weighted by Gasteiger charge is -2.13. The van der Waals surface area contributed by atoms with Gasteiger partial charge in [-0.05, 0) is 65.7 Å². The molecule has 0 aliphatic carbocycles. The van der Waals surface area contributed by atoms with E-state index in [0.717, 1.165) is 30.8 Å². The fourth-order valence-electron chi connectivity index (χ4n) is 3.20. The molecule has 1 heterocycles. The summed E-state index contributed by atoms with van der Waals surface area (Å²) >= 11 is 0. The standard InChI is InChI=1S/C24H25N5O2/c1-2-30-23-17-20(18-25-16-15-19-9-5-3-6-10-19)13-14-22(23)31-24-26-27-28-29(24)21-11-7-4-8-12-21/h3-14,17,25H,2,15-16,18H2,1H3. The Hall–Kier alpha value is -3.71. The first-order chi connectivity index (χ1) is 15.3. The zero-order valence-electron chi connectivity index (χ0n) is 17.4. The summed E-state index contributed by atoms with van der Waals surface area (Å²) in [6.07, 6.45) is 0.989. The number of nitrogens with zero attached hydrogens (tertiary/aromatic N) is 4. The summed E-state index contributed by atoms with van der Waals surface area (Å²) in [6.45, 7) is 4.13. The molecule has 0 spiro atoms. The number of tetrazole rings is 1. The maximum atomic E-state index is 6.01. The van der Waals surface area contributed by atoms with Crippen molar-refractivity contribution in [3.8, 4) is 23.2 Å². The largest absolute Gasteiger partial charge is 0.490 e. The van der Waals surface area contributed by atoms with Gasteiger partial charge in [0.05, 0.1) is 12.3 Å². The Labute approximate surface area is 181 Å². The lowest BCUT2D eigenvalue weighted by Crippen LogP contribution is -2.16. The molecule has 158 valence electrons. The van der Waals surface area contributed by atoms with Gasteiger partial charge in [0.2, 0.25) is 0 Å². The minimum absolute atomic E-state index is 0.279. The fourth-order valence-corrected chi connectivity index (χ4v) is 3.20. The Morgan fingerprint density at radius 2 is 1.65 bits per heavy atom. The van der Waals surface area contributed by atoms with Crippen LogP contribution in [0.4, 0.5) is 0 Å². The number of hydrogen-bond donors (Lipinski definition) is 1. The average molecular weight is 415 g/mol. The van der Waals surface area contributed by atoms with Gasteiger partial charge in [0.15, 0.2) is 11.5 Å². The highest BCUT2D eigenvalue weighted by atomic mass is 16.5. The first kappa shape index (κ1) is 20.6. The van der Waals surface area contributed by atoms with Crippen molar-refractivity contribution in [2.75, 3.05) is 13.2 Å². The monoisotopic (exact) mass is 415 g/mol. The van der Waals surface area contributed by atoms with Gasteiger partial charge in [0.1, 0.15) is 0 Å². The molecule has 0 saturated heterocycles. The first-order valence-corrected chi connectivity index (χ1v) is 10.4. The molecule has 0 aliphatic heterocycles. The van der Waals surface area contributed by atoms with E-state index in [2.05, 4.69) is 45.1 Å². The summed E-state index contributed by atoms with van der Waals surface area (Å²) in [5.41, 5.74) is 3.26. The molecule has 0 fully saturated rings. The van der Waals surface area contributed by atoms with Gasteiger partial charge in [0, 0.05) is 6.54 Å². The van der Waals surface area contributed by atoms with Crippen molar-refractivity contribution in [2.24, 2.45) is 0 Å². The molecular weight excluding hydrogens is 390 g/mol. The summed E-state index contributed by atoms with van der Waals surface area (Å²) < 4.78 is 13.4. The predicted molar refractivity (Wildman–Crippen MR) is 119 cm³/mol. The lowest BCUT2D eigenvalue weighted by molar-refractivity contribution is 0.315. The molecule has 0 saturated carbocycles. The molecular formula is C24H25N5O2.